The molecule has 1 amide bonds. The fourth-order valence-corrected chi connectivity index (χ4v) is 2.46. The van der Waals surface area contributed by atoms with Crippen molar-refractivity contribution in [3.05, 3.63) is 28.8 Å². The zero-order valence-electron chi connectivity index (χ0n) is 11.1. The monoisotopic (exact) mass is 266 g/mol. The van der Waals surface area contributed by atoms with Crippen molar-refractivity contribution in [2.24, 2.45) is 0 Å². The summed E-state index contributed by atoms with van der Waals surface area (Å²) in [6, 6.07) is 5.67. The van der Waals surface area contributed by atoms with Crippen molar-refractivity contribution in [3.63, 3.8) is 0 Å². The second kappa shape index (κ2) is 4.90. The molecule has 1 fully saturated rings. The summed E-state index contributed by atoms with van der Waals surface area (Å²) in [6.45, 7) is 7.59. The molecular formula is C14H19ClN2O. The predicted molar refractivity (Wildman–Crippen MR) is 75.2 cm³/mol. The Hall–Kier alpha value is -1.06. The van der Waals surface area contributed by atoms with Crippen LogP contribution >= 0.6 is 11.6 Å². The maximum absolute atomic E-state index is 12.3. The number of amides is 1. The number of rotatable bonds is 1. The first-order valence-corrected chi connectivity index (χ1v) is 6.58. The van der Waals surface area contributed by atoms with Gasteiger partial charge in [0.25, 0.3) is 0 Å². The number of hydrogen-bond donors (Lipinski definition) is 1. The van der Waals surface area contributed by atoms with Crippen LogP contribution in [0.2, 0.25) is 5.02 Å². The lowest BCUT2D eigenvalue weighted by Crippen LogP contribution is -2.39. The quantitative estimate of drug-likeness (QED) is 0.848. The van der Waals surface area contributed by atoms with E-state index in [2.05, 4.69) is 19.2 Å². The maximum Gasteiger partial charge on any atom is 0.228 e. The number of hydrogen-bond acceptors (Lipinski definition) is 2. The standard InChI is InChI=1S/C14H19ClN2O/c1-10-4-5-11(15)8-12(10)17-7-6-16-14(2,3)9-13(17)18/h4-5,8,16H,6-7,9H2,1-3H3. The average Bonchev–Trinajstić information content (AvgIpc) is 2.40. The summed E-state index contributed by atoms with van der Waals surface area (Å²) in [4.78, 5) is 14.2. The van der Waals surface area contributed by atoms with Crippen molar-refractivity contribution in [1.82, 2.24) is 5.32 Å². The largest absolute Gasteiger partial charge is 0.311 e. The molecule has 1 saturated heterocycles. The molecule has 2 rings (SSSR count). The highest BCUT2D eigenvalue weighted by Gasteiger charge is 2.29. The summed E-state index contributed by atoms with van der Waals surface area (Å²) in [5, 5.41) is 4.06. The van der Waals surface area contributed by atoms with E-state index in [4.69, 9.17) is 11.6 Å². The average molecular weight is 267 g/mol. The van der Waals surface area contributed by atoms with Crippen LogP contribution in [0.5, 0.6) is 0 Å². The van der Waals surface area contributed by atoms with Gasteiger partial charge in [0.2, 0.25) is 5.91 Å². The van der Waals surface area contributed by atoms with Gasteiger partial charge in [0.1, 0.15) is 0 Å². The van der Waals surface area contributed by atoms with E-state index in [1.54, 1.807) is 0 Å². The van der Waals surface area contributed by atoms with E-state index < -0.39 is 0 Å². The molecule has 1 aliphatic rings. The molecule has 0 bridgehead atoms. The van der Waals surface area contributed by atoms with Crippen LogP contribution in [0.1, 0.15) is 25.8 Å². The highest BCUT2D eigenvalue weighted by Crippen LogP contribution is 2.27. The third-order valence-electron chi connectivity index (χ3n) is 3.30. The van der Waals surface area contributed by atoms with E-state index in [0.717, 1.165) is 17.8 Å². The molecule has 0 spiro atoms. The molecule has 1 aliphatic heterocycles. The van der Waals surface area contributed by atoms with Crippen molar-refractivity contribution < 1.29 is 4.79 Å². The molecule has 1 aromatic carbocycles. The number of carbonyl (C=O) groups excluding carboxylic acids is 1. The van der Waals surface area contributed by atoms with Crippen molar-refractivity contribution in [2.45, 2.75) is 32.7 Å². The smallest absolute Gasteiger partial charge is 0.228 e. The van der Waals surface area contributed by atoms with Gasteiger partial charge in [-0.2, -0.15) is 0 Å². The Bertz CT molecular complexity index is 471. The lowest BCUT2D eigenvalue weighted by Gasteiger charge is -2.24. The van der Waals surface area contributed by atoms with Crippen LogP contribution in [0, 0.1) is 6.92 Å². The van der Waals surface area contributed by atoms with Crippen molar-refractivity contribution in [3.8, 4) is 0 Å². The van der Waals surface area contributed by atoms with Gasteiger partial charge >= 0.3 is 0 Å². The minimum absolute atomic E-state index is 0.141. The zero-order chi connectivity index (χ0) is 13.3. The minimum atomic E-state index is -0.141. The van der Waals surface area contributed by atoms with E-state index in [0.29, 0.717) is 18.0 Å². The fraction of sp³-hybridized carbons (Fsp3) is 0.500. The predicted octanol–water partition coefficient (Wildman–Crippen LogP) is 2.75. The molecule has 1 N–H and O–H groups in total. The molecule has 1 aromatic rings. The molecule has 3 nitrogen and oxygen atoms in total. The van der Waals surface area contributed by atoms with E-state index in [-0.39, 0.29) is 11.4 Å². The number of benzene rings is 1. The van der Waals surface area contributed by atoms with Crippen LogP contribution in [0.15, 0.2) is 18.2 Å². The Balaban J connectivity index is 2.32. The summed E-state index contributed by atoms with van der Waals surface area (Å²) in [5.74, 6) is 0.148. The lowest BCUT2D eigenvalue weighted by molar-refractivity contribution is -0.119. The molecule has 18 heavy (non-hydrogen) atoms. The normalized spacial score (nSPS) is 19.8. The topological polar surface area (TPSA) is 32.3 Å². The highest BCUT2D eigenvalue weighted by atomic mass is 35.5. The highest BCUT2D eigenvalue weighted by molar-refractivity contribution is 6.31. The van der Waals surface area contributed by atoms with Crippen LogP contribution in [-0.4, -0.2) is 24.5 Å². The second-order valence-electron chi connectivity index (χ2n) is 5.46. The van der Waals surface area contributed by atoms with Crippen LogP contribution in [-0.2, 0) is 4.79 Å². The molecule has 1 heterocycles. The summed E-state index contributed by atoms with van der Waals surface area (Å²) >= 11 is 6.03. The van der Waals surface area contributed by atoms with Gasteiger partial charge < -0.3 is 10.2 Å². The number of nitrogens with one attached hydrogen (secondary N) is 1. The van der Waals surface area contributed by atoms with Crippen LogP contribution in [0.25, 0.3) is 0 Å². The summed E-state index contributed by atoms with van der Waals surface area (Å²) in [7, 11) is 0. The number of nitrogens with zero attached hydrogens (tertiary/aromatic N) is 1. The molecule has 98 valence electrons. The van der Waals surface area contributed by atoms with Crippen LogP contribution in [0.3, 0.4) is 0 Å². The lowest BCUT2D eigenvalue weighted by atomic mass is 10.0. The van der Waals surface area contributed by atoms with E-state index in [1.165, 1.54) is 0 Å². The maximum atomic E-state index is 12.3. The Morgan fingerprint density at radius 1 is 1.39 bits per heavy atom. The molecule has 0 aromatic heterocycles. The summed E-state index contributed by atoms with van der Waals surface area (Å²) in [5.41, 5.74) is 1.86. The zero-order valence-corrected chi connectivity index (χ0v) is 11.8. The van der Waals surface area contributed by atoms with Gasteiger partial charge in [-0.25, -0.2) is 0 Å². The Labute approximate surface area is 113 Å². The SMILES string of the molecule is Cc1ccc(Cl)cc1N1CCNC(C)(C)CC1=O. The minimum Gasteiger partial charge on any atom is -0.311 e. The van der Waals surface area contributed by atoms with E-state index >= 15 is 0 Å². The molecule has 0 aliphatic carbocycles. The van der Waals surface area contributed by atoms with Crippen LogP contribution in [0.4, 0.5) is 5.69 Å². The Morgan fingerprint density at radius 2 is 2.11 bits per heavy atom. The number of anilines is 1. The molecule has 0 unspecified atom stereocenters. The third-order valence-corrected chi connectivity index (χ3v) is 3.53. The first-order chi connectivity index (χ1) is 8.39. The van der Waals surface area contributed by atoms with Crippen LogP contribution < -0.4 is 10.2 Å². The third kappa shape index (κ3) is 2.85. The van der Waals surface area contributed by atoms with Gasteiger partial charge in [-0.15, -0.1) is 0 Å². The second-order valence-corrected chi connectivity index (χ2v) is 5.90. The van der Waals surface area contributed by atoms with Gasteiger partial charge in [-0.3, -0.25) is 4.79 Å². The van der Waals surface area contributed by atoms with Crippen molar-refractivity contribution in [1.29, 1.82) is 0 Å². The van der Waals surface area contributed by atoms with Gasteiger partial charge in [-0.05, 0) is 38.5 Å². The van der Waals surface area contributed by atoms with Gasteiger partial charge in [-0.1, -0.05) is 17.7 Å². The summed E-state index contributed by atoms with van der Waals surface area (Å²) in [6.07, 6.45) is 0.499. The first-order valence-electron chi connectivity index (χ1n) is 6.21. The van der Waals surface area contributed by atoms with Gasteiger partial charge in [0.05, 0.1) is 0 Å². The molecular weight excluding hydrogens is 248 g/mol. The Kier molecular flexibility index (Phi) is 3.64. The van der Waals surface area contributed by atoms with E-state index in [9.17, 15) is 4.79 Å². The van der Waals surface area contributed by atoms with Gasteiger partial charge in [0.15, 0.2) is 0 Å². The Morgan fingerprint density at radius 3 is 2.83 bits per heavy atom. The molecule has 4 heteroatoms. The fourth-order valence-electron chi connectivity index (χ4n) is 2.29. The van der Waals surface area contributed by atoms with Gasteiger partial charge in [0, 0.05) is 35.8 Å². The molecule has 0 atom stereocenters. The molecule has 0 saturated carbocycles. The first kappa shape index (κ1) is 13.4. The molecule has 0 radical (unpaired) electrons. The summed E-state index contributed by atoms with van der Waals surface area (Å²) < 4.78 is 0. The van der Waals surface area contributed by atoms with Crippen molar-refractivity contribution in [2.75, 3.05) is 18.0 Å². The van der Waals surface area contributed by atoms with E-state index in [1.807, 2.05) is 30.0 Å². The number of halogens is 1. The number of aryl methyl sites for hydroxylation is 1. The number of carbonyl (C=O) groups is 1. The van der Waals surface area contributed by atoms with Crippen molar-refractivity contribution >= 4 is 23.2 Å².